The maximum absolute atomic E-state index is 13.2. The van der Waals surface area contributed by atoms with Crippen LogP contribution in [0.5, 0.6) is 0 Å². The number of halogens is 1. The lowest BCUT2D eigenvalue weighted by Crippen LogP contribution is -2.45. The number of aromatic nitrogens is 1. The van der Waals surface area contributed by atoms with E-state index in [9.17, 15) is 19.7 Å². The molecule has 0 saturated heterocycles. The van der Waals surface area contributed by atoms with Crippen molar-refractivity contribution < 1.29 is 14.5 Å². The largest absolute Gasteiger partial charge is 0.292 e. The fourth-order valence-electron chi connectivity index (χ4n) is 3.01. The number of carbonyl (C=O) groups excluding carboxylic acids is 2. The first-order valence-electron chi connectivity index (χ1n) is 8.78. The molecular weight excluding hydrogens is 394 g/mol. The third kappa shape index (κ3) is 4.35. The third-order valence-electron chi connectivity index (χ3n) is 4.49. The standard InChI is InChI=1S/C21H18ClN3O4/c1-14-3-4-15(2)24(14)23(21(27)17-5-9-18(22)10-6-17)13-20(26)16-7-11-19(12-8-16)25(28)29/h3-12H,13H2,1-2H3. The summed E-state index contributed by atoms with van der Waals surface area (Å²) in [5, 5.41) is 12.7. The molecule has 0 aliphatic rings. The first-order chi connectivity index (χ1) is 13.8. The number of amides is 1. The van der Waals surface area contributed by atoms with Gasteiger partial charge in [0, 0.05) is 39.7 Å². The molecule has 0 atom stereocenters. The average molecular weight is 412 g/mol. The number of nitro benzene ring substituents is 1. The Morgan fingerprint density at radius 3 is 1.97 bits per heavy atom. The number of non-ortho nitro benzene ring substituents is 1. The van der Waals surface area contributed by atoms with E-state index in [0.29, 0.717) is 10.6 Å². The fourth-order valence-corrected chi connectivity index (χ4v) is 3.14. The minimum Gasteiger partial charge on any atom is -0.292 e. The number of hydrogen-bond donors (Lipinski definition) is 0. The summed E-state index contributed by atoms with van der Waals surface area (Å²) in [6.45, 7) is 3.45. The molecule has 7 nitrogen and oxygen atoms in total. The van der Waals surface area contributed by atoms with Crippen molar-refractivity contribution in [3.63, 3.8) is 0 Å². The third-order valence-corrected chi connectivity index (χ3v) is 4.75. The zero-order valence-electron chi connectivity index (χ0n) is 15.8. The van der Waals surface area contributed by atoms with Gasteiger partial charge < -0.3 is 0 Å². The van der Waals surface area contributed by atoms with Gasteiger partial charge in [-0.05, 0) is 62.4 Å². The van der Waals surface area contributed by atoms with E-state index in [-0.39, 0.29) is 29.5 Å². The number of nitro groups is 1. The number of ketones is 1. The van der Waals surface area contributed by atoms with Crippen molar-refractivity contribution in [3.8, 4) is 0 Å². The first kappa shape index (κ1) is 20.3. The molecule has 148 valence electrons. The van der Waals surface area contributed by atoms with Gasteiger partial charge in [-0.1, -0.05) is 11.6 Å². The van der Waals surface area contributed by atoms with Crippen LogP contribution >= 0.6 is 11.6 Å². The average Bonchev–Trinajstić information content (AvgIpc) is 3.04. The number of aryl methyl sites for hydroxylation is 2. The highest BCUT2D eigenvalue weighted by atomic mass is 35.5. The fraction of sp³-hybridized carbons (Fsp3) is 0.143. The number of carbonyl (C=O) groups is 2. The molecule has 0 aliphatic heterocycles. The van der Waals surface area contributed by atoms with E-state index in [1.54, 1.807) is 28.9 Å². The van der Waals surface area contributed by atoms with Crippen LogP contribution in [0.1, 0.15) is 32.1 Å². The summed E-state index contributed by atoms with van der Waals surface area (Å²) >= 11 is 5.91. The highest BCUT2D eigenvalue weighted by Gasteiger charge is 2.24. The van der Waals surface area contributed by atoms with Crippen LogP contribution in [0.15, 0.2) is 60.7 Å². The zero-order valence-corrected chi connectivity index (χ0v) is 16.6. The molecule has 1 amide bonds. The number of hydrogen-bond acceptors (Lipinski definition) is 4. The minimum absolute atomic E-state index is 0.104. The molecule has 0 aliphatic carbocycles. The number of benzene rings is 2. The van der Waals surface area contributed by atoms with E-state index >= 15 is 0 Å². The van der Waals surface area contributed by atoms with Gasteiger partial charge in [0.05, 0.1) is 4.92 Å². The van der Waals surface area contributed by atoms with Gasteiger partial charge in [-0.3, -0.25) is 24.4 Å². The molecule has 1 aromatic heterocycles. The predicted octanol–water partition coefficient (Wildman–Crippen LogP) is 4.33. The summed E-state index contributed by atoms with van der Waals surface area (Å²) in [4.78, 5) is 36.3. The maximum atomic E-state index is 13.2. The molecule has 0 saturated carbocycles. The normalized spacial score (nSPS) is 10.6. The van der Waals surface area contributed by atoms with Gasteiger partial charge in [0.15, 0.2) is 5.78 Å². The van der Waals surface area contributed by atoms with Gasteiger partial charge in [0.1, 0.15) is 6.54 Å². The van der Waals surface area contributed by atoms with Gasteiger partial charge in [-0.25, -0.2) is 5.01 Å². The van der Waals surface area contributed by atoms with Crippen LogP contribution in [0.3, 0.4) is 0 Å². The molecule has 0 bridgehead atoms. The van der Waals surface area contributed by atoms with Crippen molar-refractivity contribution in [2.75, 3.05) is 11.6 Å². The molecule has 29 heavy (non-hydrogen) atoms. The second-order valence-corrected chi connectivity index (χ2v) is 6.96. The SMILES string of the molecule is Cc1ccc(C)n1N(CC(=O)c1ccc([N+](=O)[O-])cc1)C(=O)c1ccc(Cl)cc1. The molecule has 0 radical (unpaired) electrons. The lowest BCUT2D eigenvalue weighted by molar-refractivity contribution is -0.384. The van der Waals surface area contributed by atoms with Crippen LogP contribution in [0, 0.1) is 24.0 Å². The smallest absolute Gasteiger partial charge is 0.273 e. The highest BCUT2D eigenvalue weighted by Crippen LogP contribution is 2.17. The molecule has 0 unspecified atom stereocenters. The van der Waals surface area contributed by atoms with Crippen molar-refractivity contribution >= 4 is 29.0 Å². The second kappa shape index (κ2) is 8.28. The van der Waals surface area contributed by atoms with Crippen molar-refractivity contribution in [2.45, 2.75) is 13.8 Å². The Balaban J connectivity index is 1.95. The molecule has 3 rings (SSSR count). The Hall–Kier alpha value is -3.45. The Morgan fingerprint density at radius 1 is 0.931 bits per heavy atom. The van der Waals surface area contributed by atoms with Crippen LogP contribution < -0.4 is 5.01 Å². The topological polar surface area (TPSA) is 85.4 Å². The molecule has 2 aromatic carbocycles. The van der Waals surface area contributed by atoms with Crippen molar-refractivity contribution in [2.24, 2.45) is 0 Å². The highest BCUT2D eigenvalue weighted by molar-refractivity contribution is 6.30. The van der Waals surface area contributed by atoms with Gasteiger partial charge in [-0.15, -0.1) is 0 Å². The van der Waals surface area contributed by atoms with Crippen LogP contribution in [0.25, 0.3) is 0 Å². The molecular formula is C21H18ClN3O4. The minimum atomic E-state index is -0.531. The van der Waals surface area contributed by atoms with Gasteiger partial charge in [0.25, 0.3) is 11.6 Å². The van der Waals surface area contributed by atoms with E-state index in [0.717, 1.165) is 11.4 Å². The number of Topliss-reactive ketones (excluding diaryl/α,β-unsaturated/α-hetero) is 1. The second-order valence-electron chi connectivity index (χ2n) is 6.52. The quantitative estimate of drug-likeness (QED) is 0.343. The van der Waals surface area contributed by atoms with Crippen molar-refractivity contribution in [1.29, 1.82) is 0 Å². The first-order valence-corrected chi connectivity index (χ1v) is 9.16. The lowest BCUT2D eigenvalue weighted by Gasteiger charge is -2.26. The summed E-state index contributed by atoms with van der Waals surface area (Å²) in [6.07, 6.45) is 0. The van der Waals surface area contributed by atoms with Gasteiger partial charge in [-0.2, -0.15) is 0 Å². The molecule has 1 heterocycles. The predicted molar refractivity (Wildman–Crippen MR) is 110 cm³/mol. The summed E-state index contributed by atoms with van der Waals surface area (Å²) in [7, 11) is 0. The molecule has 3 aromatic rings. The van der Waals surface area contributed by atoms with Gasteiger partial charge >= 0.3 is 0 Å². The van der Waals surface area contributed by atoms with Crippen molar-refractivity contribution in [3.05, 3.63) is 98.3 Å². The zero-order chi connectivity index (χ0) is 21.1. The molecule has 0 spiro atoms. The molecule has 0 fully saturated rings. The van der Waals surface area contributed by atoms with E-state index < -0.39 is 4.92 Å². The van der Waals surface area contributed by atoms with Crippen LogP contribution in [0.4, 0.5) is 5.69 Å². The lowest BCUT2D eigenvalue weighted by atomic mass is 10.1. The summed E-state index contributed by atoms with van der Waals surface area (Å²) in [5.41, 5.74) is 2.15. The van der Waals surface area contributed by atoms with Crippen molar-refractivity contribution in [1.82, 2.24) is 4.68 Å². The van der Waals surface area contributed by atoms with E-state index in [1.165, 1.54) is 29.3 Å². The van der Waals surface area contributed by atoms with Crippen LogP contribution in [-0.2, 0) is 0 Å². The summed E-state index contributed by atoms with van der Waals surface area (Å²) in [5.74, 6) is -0.700. The molecule has 8 heteroatoms. The number of rotatable bonds is 6. The van der Waals surface area contributed by atoms with Gasteiger partial charge in [0.2, 0.25) is 0 Å². The van der Waals surface area contributed by atoms with E-state index in [1.807, 2.05) is 26.0 Å². The Bertz CT molecular complexity index is 1050. The Labute approximate surface area is 172 Å². The van der Waals surface area contributed by atoms with Crippen LogP contribution in [-0.4, -0.2) is 27.8 Å². The Morgan fingerprint density at radius 2 is 1.45 bits per heavy atom. The van der Waals surface area contributed by atoms with E-state index in [2.05, 4.69) is 0 Å². The maximum Gasteiger partial charge on any atom is 0.273 e. The number of nitrogens with zero attached hydrogens (tertiary/aromatic N) is 3. The summed E-state index contributed by atoms with van der Waals surface area (Å²) in [6, 6.07) is 15.4. The monoisotopic (exact) mass is 411 g/mol. The Kier molecular flexibility index (Phi) is 5.79. The molecule has 0 N–H and O–H groups in total. The van der Waals surface area contributed by atoms with E-state index in [4.69, 9.17) is 11.6 Å². The summed E-state index contributed by atoms with van der Waals surface area (Å²) < 4.78 is 1.68. The van der Waals surface area contributed by atoms with Crippen LogP contribution in [0.2, 0.25) is 5.02 Å².